The number of para-hydroxylation sites is 1. The lowest BCUT2D eigenvalue weighted by atomic mass is 10.1. The Kier molecular flexibility index (Phi) is 5.52. The lowest BCUT2D eigenvalue weighted by Gasteiger charge is -2.21. The summed E-state index contributed by atoms with van der Waals surface area (Å²) in [6, 6.07) is 5.97. The Balaban J connectivity index is 2.15. The minimum absolute atomic E-state index is 0.314. The molecule has 1 aliphatic carbocycles. The lowest BCUT2D eigenvalue weighted by Crippen LogP contribution is -2.17. The molecule has 0 aliphatic heterocycles. The van der Waals surface area contributed by atoms with Crippen molar-refractivity contribution in [1.29, 1.82) is 0 Å². The zero-order chi connectivity index (χ0) is 13.5. The van der Waals surface area contributed by atoms with E-state index in [2.05, 4.69) is 0 Å². The summed E-state index contributed by atoms with van der Waals surface area (Å²) in [6.45, 7) is 3.13. The third kappa shape index (κ3) is 3.87. The Morgan fingerprint density at radius 3 is 2.53 bits per heavy atom. The largest absolute Gasteiger partial charge is 0.490 e. The normalized spacial score (nSPS) is 16.9. The van der Waals surface area contributed by atoms with Gasteiger partial charge >= 0.3 is 0 Å². The van der Waals surface area contributed by atoms with Crippen LogP contribution in [0.2, 0.25) is 0 Å². The van der Waals surface area contributed by atoms with E-state index >= 15 is 0 Å². The first-order valence-corrected chi connectivity index (χ1v) is 7.46. The van der Waals surface area contributed by atoms with Crippen LogP contribution in [0.15, 0.2) is 18.2 Å². The molecule has 1 saturated carbocycles. The van der Waals surface area contributed by atoms with Gasteiger partial charge < -0.3 is 15.2 Å². The van der Waals surface area contributed by atoms with Crippen LogP contribution in [0.1, 0.15) is 51.0 Å². The molecule has 3 heteroatoms. The summed E-state index contributed by atoms with van der Waals surface area (Å²) >= 11 is 0. The first-order valence-electron chi connectivity index (χ1n) is 7.46. The minimum Gasteiger partial charge on any atom is -0.490 e. The van der Waals surface area contributed by atoms with E-state index in [0.717, 1.165) is 29.9 Å². The van der Waals surface area contributed by atoms with Gasteiger partial charge in [0.25, 0.3) is 0 Å². The molecule has 0 aromatic heterocycles. The summed E-state index contributed by atoms with van der Waals surface area (Å²) in [5, 5.41) is 0. The summed E-state index contributed by atoms with van der Waals surface area (Å²) in [5.74, 6) is 1.69. The van der Waals surface area contributed by atoms with Gasteiger partial charge in [-0.15, -0.1) is 0 Å². The predicted molar refractivity (Wildman–Crippen MR) is 77.6 cm³/mol. The molecular formula is C16H25NO2. The van der Waals surface area contributed by atoms with Crippen molar-refractivity contribution in [2.75, 3.05) is 6.61 Å². The van der Waals surface area contributed by atoms with Crippen molar-refractivity contribution in [3.63, 3.8) is 0 Å². The molecule has 19 heavy (non-hydrogen) atoms. The smallest absolute Gasteiger partial charge is 0.166 e. The Morgan fingerprint density at radius 2 is 1.89 bits per heavy atom. The first kappa shape index (κ1) is 14.2. The van der Waals surface area contributed by atoms with Crippen molar-refractivity contribution >= 4 is 0 Å². The van der Waals surface area contributed by atoms with Crippen LogP contribution in [0, 0.1) is 0 Å². The van der Waals surface area contributed by atoms with Crippen molar-refractivity contribution in [2.45, 2.75) is 58.1 Å². The molecule has 3 nitrogen and oxygen atoms in total. The predicted octanol–water partition coefficient (Wildman–Crippen LogP) is 3.65. The average molecular weight is 263 g/mol. The van der Waals surface area contributed by atoms with Crippen LogP contribution in [0.3, 0.4) is 0 Å². The number of rotatable bonds is 5. The second-order valence-electron chi connectivity index (χ2n) is 5.11. The molecule has 0 heterocycles. The van der Waals surface area contributed by atoms with Crippen LogP contribution in [-0.2, 0) is 6.54 Å². The van der Waals surface area contributed by atoms with Gasteiger partial charge in [0.2, 0.25) is 0 Å². The van der Waals surface area contributed by atoms with E-state index in [1.54, 1.807) is 0 Å². The molecule has 2 rings (SSSR count). The molecule has 0 bridgehead atoms. The van der Waals surface area contributed by atoms with Gasteiger partial charge in [-0.2, -0.15) is 0 Å². The highest BCUT2D eigenvalue weighted by Crippen LogP contribution is 2.34. The Bertz CT molecular complexity index is 384. The van der Waals surface area contributed by atoms with E-state index in [0.29, 0.717) is 19.3 Å². The highest BCUT2D eigenvalue weighted by atomic mass is 16.5. The van der Waals surface area contributed by atoms with Crippen molar-refractivity contribution < 1.29 is 9.47 Å². The number of hydrogen-bond donors (Lipinski definition) is 1. The molecule has 0 atom stereocenters. The molecule has 0 amide bonds. The fraction of sp³-hybridized carbons (Fsp3) is 0.625. The van der Waals surface area contributed by atoms with Crippen LogP contribution in [-0.4, -0.2) is 12.7 Å². The molecule has 0 radical (unpaired) electrons. The van der Waals surface area contributed by atoms with E-state index in [-0.39, 0.29) is 0 Å². The standard InChI is InChI=1S/C16H25NO2/c1-2-18-15-11-7-8-13(12-17)16(15)19-14-9-5-3-4-6-10-14/h7-8,11,14H,2-6,9-10,12,17H2,1H3. The van der Waals surface area contributed by atoms with Crippen LogP contribution in [0.5, 0.6) is 11.5 Å². The molecule has 1 fully saturated rings. The molecule has 1 aromatic carbocycles. The molecule has 106 valence electrons. The maximum Gasteiger partial charge on any atom is 0.166 e. The maximum absolute atomic E-state index is 6.24. The van der Waals surface area contributed by atoms with Crippen molar-refractivity contribution in [3.05, 3.63) is 23.8 Å². The number of hydrogen-bond acceptors (Lipinski definition) is 3. The van der Waals surface area contributed by atoms with Crippen LogP contribution in [0.4, 0.5) is 0 Å². The van der Waals surface area contributed by atoms with Gasteiger partial charge in [-0.1, -0.05) is 25.0 Å². The van der Waals surface area contributed by atoms with E-state index in [1.165, 1.54) is 25.7 Å². The second kappa shape index (κ2) is 7.39. The fourth-order valence-corrected chi connectivity index (χ4v) is 2.65. The quantitative estimate of drug-likeness (QED) is 0.825. The van der Waals surface area contributed by atoms with Crippen molar-refractivity contribution in [1.82, 2.24) is 0 Å². The van der Waals surface area contributed by atoms with E-state index in [9.17, 15) is 0 Å². The van der Waals surface area contributed by atoms with Gasteiger partial charge in [0.15, 0.2) is 11.5 Å². The minimum atomic E-state index is 0.314. The highest BCUT2D eigenvalue weighted by Gasteiger charge is 2.18. The monoisotopic (exact) mass is 263 g/mol. The molecular weight excluding hydrogens is 238 g/mol. The van der Waals surface area contributed by atoms with E-state index in [1.807, 2.05) is 25.1 Å². The van der Waals surface area contributed by atoms with Gasteiger partial charge in [0, 0.05) is 12.1 Å². The summed E-state index contributed by atoms with van der Waals surface area (Å²) in [7, 11) is 0. The van der Waals surface area contributed by atoms with Gasteiger partial charge in [0.05, 0.1) is 12.7 Å². The lowest BCUT2D eigenvalue weighted by molar-refractivity contribution is 0.172. The molecule has 0 saturated heterocycles. The van der Waals surface area contributed by atoms with Crippen LogP contribution >= 0.6 is 0 Å². The zero-order valence-corrected chi connectivity index (χ0v) is 11.9. The molecule has 2 N–H and O–H groups in total. The summed E-state index contributed by atoms with van der Waals surface area (Å²) in [6.07, 6.45) is 7.79. The molecule has 1 aliphatic rings. The van der Waals surface area contributed by atoms with Crippen molar-refractivity contribution in [3.8, 4) is 11.5 Å². The Hall–Kier alpha value is -1.22. The maximum atomic E-state index is 6.24. The van der Waals surface area contributed by atoms with Crippen LogP contribution in [0.25, 0.3) is 0 Å². The van der Waals surface area contributed by atoms with Gasteiger partial charge in [0.1, 0.15) is 0 Å². The fourth-order valence-electron chi connectivity index (χ4n) is 2.65. The third-order valence-electron chi connectivity index (χ3n) is 3.67. The second-order valence-corrected chi connectivity index (χ2v) is 5.11. The number of benzene rings is 1. The Labute approximate surface area is 116 Å². The average Bonchev–Trinajstić information content (AvgIpc) is 2.69. The van der Waals surface area contributed by atoms with E-state index < -0.39 is 0 Å². The zero-order valence-electron chi connectivity index (χ0n) is 11.9. The number of ether oxygens (including phenoxy) is 2. The summed E-state index contributed by atoms with van der Waals surface area (Å²) < 4.78 is 11.9. The SMILES string of the molecule is CCOc1cccc(CN)c1OC1CCCCCC1. The molecule has 1 aromatic rings. The van der Waals surface area contributed by atoms with Gasteiger partial charge in [-0.3, -0.25) is 0 Å². The van der Waals surface area contributed by atoms with Gasteiger partial charge in [-0.25, -0.2) is 0 Å². The van der Waals surface area contributed by atoms with Gasteiger partial charge in [-0.05, 0) is 38.7 Å². The molecule has 0 unspecified atom stereocenters. The third-order valence-corrected chi connectivity index (χ3v) is 3.67. The van der Waals surface area contributed by atoms with E-state index in [4.69, 9.17) is 15.2 Å². The highest BCUT2D eigenvalue weighted by molar-refractivity contribution is 5.46. The Morgan fingerprint density at radius 1 is 1.16 bits per heavy atom. The first-order chi connectivity index (χ1) is 9.35. The van der Waals surface area contributed by atoms with Crippen molar-refractivity contribution in [2.24, 2.45) is 5.73 Å². The molecule has 0 spiro atoms. The topological polar surface area (TPSA) is 44.5 Å². The number of nitrogens with two attached hydrogens (primary N) is 1. The summed E-state index contributed by atoms with van der Waals surface area (Å²) in [4.78, 5) is 0. The van der Waals surface area contributed by atoms with Crippen LogP contribution < -0.4 is 15.2 Å². The summed E-state index contributed by atoms with van der Waals surface area (Å²) in [5.41, 5.74) is 6.85.